The molecule has 10 heteroatoms. The molecule has 0 fully saturated rings. The first-order valence-corrected chi connectivity index (χ1v) is 14.5. The Morgan fingerprint density at radius 3 is 2.18 bits per heavy atom. The number of hydrogen-bond acceptors (Lipinski definition) is 6. The molecule has 0 saturated carbocycles. The zero-order valence-corrected chi connectivity index (χ0v) is 25.7. The van der Waals surface area contributed by atoms with Crippen LogP contribution in [-0.2, 0) is 11.2 Å². The van der Waals surface area contributed by atoms with E-state index < -0.39 is 12.0 Å². The second kappa shape index (κ2) is 15.8. The van der Waals surface area contributed by atoms with Gasteiger partial charge in [0.2, 0.25) is 5.91 Å². The summed E-state index contributed by atoms with van der Waals surface area (Å²) in [6.07, 6.45) is 0.119. The number of ether oxygens (including phenoxy) is 2. The molecule has 0 aromatic heterocycles. The van der Waals surface area contributed by atoms with Gasteiger partial charge in [0.15, 0.2) is 0 Å². The number of amides is 3. The van der Waals surface area contributed by atoms with Crippen LogP contribution in [0.15, 0.2) is 97.1 Å². The number of aryl methyl sites for hydroxylation is 1. The largest absolute Gasteiger partial charge is 0.495 e. The van der Waals surface area contributed by atoms with Crippen LogP contribution in [0.5, 0.6) is 11.5 Å². The third-order valence-corrected chi connectivity index (χ3v) is 7.25. The second-order valence-corrected chi connectivity index (χ2v) is 10.4. The number of aromatic carboxylic acids is 1. The topological polar surface area (TPSA) is 120 Å². The normalized spacial score (nSPS) is 10.5. The maximum Gasteiger partial charge on any atom is 0.335 e. The number of likely N-dealkylation sites (N-methyl/N-ethyl adjacent to an activating group) is 1. The second-order valence-electron chi connectivity index (χ2n) is 10.4. The fourth-order valence-corrected chi connectivity index (χ4v) is 4.64. The third kappa shape index (κ3) is 9.49. The summed E-state index contributed by atoms with van der Waals surface area (Å²) in [5.74, 6) is -0.148. The lowest BCUT2D eigenvalue weighted by atomic mass is 10.1. The Balaban J connectivity index is 1.41. The fourth-order valence-electron chi connectivity index (χ4n) is 4.64. The Morgan fingerprint density at radius 2 is 1.49 bits per heavy atom. The number of methoxy groups -OCH3 is 1. The Hall–Kier alpha value is -5.51. The molecule has 0 bridgehead atoms. The van der Waals surface area contributed by atoms with Crippen LogP contribution in [0.2, 0.25) is 0 Å². The number of nitrogens with one attached hydrogen (secondary N) is 2. The molecule has 4 aromatic carbocycles. The zero-order chi connectivity index (χ0) is 32.2. The molecular formula is C35H38N4O6. The summed E-state index contributed by atoms with van der Waals surface area (Å²) in [6, 6.07) is 28.4. The lowest BCUT2D eigenvalue weighted by molar-refractivity contribution is -0.130. The molecule has 4 rings (SSSR count). The van der Waals surface area contributed by atoms with Crippen LogP contribution in [0.4, 0.5) is 21.9 Å². The minimum atomic E-state index is -1.01. The van der Waals surface area contributed by atoms with Crippen molar-refractivity contribution in [3.05, 3.63) is 114 Å². The molecule has 4 aromatic rings. The van der Waals surface area contributed by atoms with Gasteiger partial charge in [0.1, 0.15) is 18.1 Å². The zero-order valence-electron chi connectivity index (χ0n) is 25.7. The van der Waals surface area contributed by atoms with Gasteiger partial charge in [0.25, 0.3) is 0 Å². The lowest BCUT2D eigenvalue weighted by Crippen LogP contribution is -2.40. The van der Waals surface area contributed by atoms with E-state index in [1.807, 2.05) is 68.6 Å². The number of urea groups is 1. The van der Waals surface area contributed by atoms with Crippen LogP contribution in [-0.4, -0.2) is 68.3 Å². The van der Waals surface area contributed by atoms with Crippen molar-refractivity contribution >= 4 is 35.0 Å². The molecule has 3 amide bonds. The lowest BCUT2D eigenvalue weighted by Gasteiger charge is -2.27. The maximum absolute atomic E-state index is 13.6. The van der Waals surface area contributed by atoms with Gasteiger partial charge in [-0.05, 0) is 72.6 Å². The highest BCUT2D eigenvalue weighted by molar-refractivity contribution is 6.01. The first-order valence-electron chi connectivity index (χ1n) is 14.5. The molecule has 0 spiro atoms. The average molecular weight is 611 g/mol. The van der Waals surface area contributed by atoms with Gasteiger partial charge in [0, 0.05) is 31.5 Å². The van der Waals surface area contributed by atoms with Crippen molar-refractivity contribution in [2.24, 2.45) is 0 Å². The quantitative estimate of drug-likeness (QED) is 0.162. The summed E-state index contributed by atoms with van der Waals surface area (Å²) in [7, 11) is 3.49. The Morgan fingerprint density at radius 1 is 0.800 bits per heavy atom. The van der Waals surface area contributed by atoms with Gasteiger partial charge in [-0.2, -0.15) is 0 Å². The van der Waals surface area contributed by atoms with E-state index in [1.54, 1.807) is 35.2 Å². The number of carboxylic acids is 1. The smallest absolute Gasteiger partial charge is 0.335 e. The predicted octanol–water partition coefficient (Wildman–Crippen LogP) is 5.93. The minimum absolute atomic E-state index is 0.0960. The molecule has 0 heterocycles. The SMILES string of the molecule is COc1cc(CC(=O)N(CCOc2ccc(C(=O)O)cc2)CCN(C)c2ccccc2)ccc1NC(=O)Nc1ccccc1C. The monoisotopic (exact) mass is 610 g/mol. The van der Waals surface area contributed by atoms with Crippen LogP contribution in [0.3, 0.4) is 0 Å². The van der Waals surface area contributed by atoms with Gasteiger partial charge in [-0.15, -0.1) is 0 Å². The van der Waals surface area contributed by atoms with E-state index in [0.717, 1.165) is 16.8 Å². The van der Waals surface area contributed by atoms with Crippen LogP contribution >= 0.6 is 0 Å². The number of anilines is 3. The molecule has 0 saturated heterocycles. The first-order chi connectivity index (χ1) is 21.7. The summed E-state index contributed by atoms with van der Waals surface area (Å²) in [5.41, 5.74) is 4.06. The van der Waals surface area contributed by atoms with Gasteiger partial charge in [-0.1, -0.05) is 42.5 Å². The third-order valence-electron chi connectivity index (χ3n) is 7.25. The van der Waals surface area contributed by atoms with E-state index in [-0.39, 0.29) is 24.5 Å². The van der Waals surface area contributed by atoms with Gasteiger partial charge in [-0.3, -0.25) is 4.79 Å². The highest BCUT2D eigenvalue weighted by Crippen LogP contribution is 2.27. The number of carbonyl (C=O) groups excluding carboxylic acids is 2. The van der Waals surface area contributed by atoms with Crippen molar-refractivity contribution in [3.63, 3.8) is 0 Å². The molecule has 0 atom stereocenters. The van der Waals surface area contributed by atoms with Crippen molar-refractivity contribution < 1.29 is 29.0 Å². The summed E-state index contributed by atoms with van der Waals surface area (Å²) in [5, 5.41) is 14.8. The average Bonchev–Trinajstić information content (AvgIpc) is 3.04. The minimum Gasteiger partial charge on any atom is -0.495 e. The van der Waals surface area contributed by atoms with Crippen molar-refractivity contribution in [2.75, 3.05) is 55.9 Å². The first kappa shape index (κ1) is 32.4. The van der Waals surface area contributed by atoms with E-state index in [9.17, 15) is 14.4 Å². The van der Waals surface area contributed by atoms with Crippen LogP contribution in [0.25, 0.3) is 0 Å². The van der Waals surface area contributed by atoms with Crippen LogP contribution < -0.4 is 25.0 Å². The number of hydrogen-bond donors (Lipinski definition) is 3. The van der Waals surface area contributed by atoms with Gasteiger partial charge >= 0.3 is 12.0 Å². The maximum atomic E-state index is 13.6. The number of benzene rings is 4. The van der Waals surface area contributed by atoms with Crippen molar-refractivity contribution in [3.8, 4) is 11.5 Å². The van der Waals surface area contributed by atoms with E-state index in [4.69, 9.17) is 14.6 Å². The Bertz CT molecular complexity index is 1590. The molecule has 45 heavy (non-hydrogen) atoms. The molecular weight excluding hydrogens is 572 g/mol. The van der Waals surface area contributed by atoms with Gasteiger partial charge in [0.05, 0.1) is 31.3 Å². The highest BCUT2D eigenvalue weighted by Gasteiger charge is 2.17. The van der Waals surface area contributed by atoms with E-state index in [2.05, 4.69) is 15.5 Å². The van der Waals surface area contributed by atoms with Crippen LogP contribution in [0, 0.1) is 6.92 Å². The Kier molecular flexibility index (Phi) is 11.4. The summed E-state index contributed by atoms with van der Waals surface area (Å²) in [4.78, 5) is 41.2. The standard InChI is InChI=1S/C35H38N4O6/c1-25-9-7-8-12-30(25)36-35(43)37-31-18-13-26(23-32(31)44-3)24-33(40)39(20-19-38(2)28-10-5-4-6-11-28)21-22-45-29-16-14-27(15-17-29)34(41)42/h4-18,23H,19-22,24H2,1-3H3,(H,41,42)(H2,36,37,43). The fraction of sp³-hybridized carbons (Fsp3) is 0.229. The number of nitrogens with zero attached hydrogens (tertiary/aromatic N) is 2. The summed E-state index contributed by atoms with van der Waals surface area (Å²) < 4.78 is 11.4. The highest BCUT2D eigenvalue weighted by atomic mass is 16.5. The number of carbonyl (C=O) groups is 3. The van der Waals surface area contributed by atoms with Crippen molar-refractivity contribution in [1.82, 2.24) is 4.90 Å². The van der Waals surface area contributed by atoms with E-state index in [1.165, 1.54) is 19.2 Å². The molecule has 3 N–H and O–H groups in total. The number of carboxylic acid groups (broad SMARTS) is 1. The molecule has 0 aliphatic heterocycles. The van der Waals surface area contributed by atoms with E-state index >= 15 is 0 Å². The number of para-hydroxylation sites is 2. The van der Waals surface area contributed by atoms with Gasteiger partial charge in [-0.25, -0.2) is 9.59 Å². The van der Waals surface area contributed by atoms with Crippen LogP contribution in [0.1, 0.15) is 21.5 Å². The molecule has 10 nitrogen and oxygen atoms in total. The van der Waals surface area contributed by atoms with Crippen molar-refractivity contribution in [2.45, 2.75) is 13.3 Å². The Labute approximate surface area is 263 Å². The van der Waals surface area contributed by atoms with Gasteiger partial charge < -0.3 is 35.0 Å². The van der Waals surface area contributed by atoms with Crippen molar-refractivity contribution in [1.29, 1.82) is 0 Å². The predicted molar refractivity (Wildman–Crippen MR) is 176 cm³/mol. The molecule has 0 unspecified atom stereocenters. The summed E-state index contributed by atoms with van der Waals surface area (Å²) in [6.45, 7) is 3.54. The van der Waals surface area contributed by atoms with E-state index in [0.29, 0.717) is 42.5 Å². The summed E-state index contributed by atoms with van der Waals surface area (Å²) >= 11 is 0. The molecule has 0 aliphatic carbocycles. The molecule has 234 valence electrons. The molecule has 0 radical (unpaired) electrons. The number of rotatable bonds is 14. The molecule has 0 aliphatic rings.